The number of carbonyl (C=O) groups is 1. The Labute approximate surface area is 105 Å². The standard InChI is InChI=1S/C14H13ClO2/c1-9(14(15)16)12-5-3-4-10-6-7-11(17-2)8-13(10)12/h3-9H,1-2H3. The van der Waals surface area contributed by atoms with Crippen LogP contribution in [-0.2, 0) is 4.79 Å². The van der Waals surface area contributed by atoms with Gasteiger partial charge in [-0.05, 0) is 40.1 Å². The first-order chi connectivity index (χ1) is 8.13. The van der Waals surface area contributed by atoms with Crippen molar-refractivity contribution in [2.45, 2.75) is 12.8 Å². The van der Waals surface area contributed by atoms with Crippen LogP contribution in [0.2, 0.25) is 0 Å². The molecule has 0 spiro atoms. The normalized spacial score (nSPS) is 12.4. The molecule has 0 radical (unpaired) electrons. The number of rotatable bonds is 3. The predicted molar refractivity (Wildman–Crippen MR) is 69.8 cm³/mol. The van der Waals surface area contributed by atoms with Gasteiger partial charge in [0.05, 0.1) is 13.0 Å². The lowest BCUT2D eigenvalue weighted by Gasteiger charge is -2.11. The van der Waals surface area contributed by atoms with Crippen molar-refractivity contribution in [2.24, 2.45) is 0 Å². The van der Waals surface area contributed by atoms with Crippen LogP contribution in [0.5, 0.6) is 5.75 Å². The molecule has 0 amide bonds. The number of hydrogen-bond donors (Lipinski definition) is 0. The molecule has 88 valence electrons. The van der Waals surface area contributed by atoms with E-state index in [1.54, 1.807) is 7.11 Å². The molecule has 0 heterocycles. The van der Waals surface area contributed by atoms with Gasteiger partial charge < -0.3 is 4.74 Å². The van der Waals surface area contributed by atoms with E-state index in [-0.39, 0.29) is 11.2 Å². The van der Waals surface area contributed by atoms with E-state index in [0.717, 1.165) is 22.1 Å². The SMILES string of the molecule is COc1ccc2cccc(C(C)C(=O)Cl)c2c1. The quantitative estimate of drug-likeness (QED) is 0.774. The highest BCUT2D eigenvalue weighted by Gasteiger charge is 2.15. The minimum atomic E-state index is -0.347. The molecule has 2 rings (SSSR count). The van der Waals surface area contributed by atoms with Crippen molar-refractivity contribution in [3.63, 3.8) is 0 Å². The number of carbonyl (C=O) groups excluding carboxylic acids is 1. The van der Waals surface area contributed by atoms with E-state index in [9.17, 15) is 4.79 Å². The highest BCUT2D eigenvalue weighted by molar-refractivity contribution is 6.64. The van der Waals surface area contributed by atoms with Gasteiger partial charge in [0.1, 0.15) is 5.75 Å². The predicted octanol–water partition coefficient (Wildman–Crippen LogP) is 3.72. The lowest BCUT2D eigenvalue weighted by atomic mass is 9.95. The number of hydrogen-bond acceptors (Lipinski definition) is 2. The second-order valence-corrected chi connectivity index (χ2v) is 4.33. The van der Waals surface area contributed by atoms with Gasteiger partial charge in [-0.15, -0.1) is 0 Å². The fourth-order valence-corrected chi connectivity index (χ4v) is 2.02. The Kier molecular flexibility index (Phi) is 3.34. The summed E-state index contributed by atoms with van der Waals surface area (Å²) in [6, 6.07) is 11.7. The molecule has 17 heavy (non-hydrogen) atoms. The van der Waals surface area contributed by atoms with Gasteiger partial charge in [-0.1, -0.05) is 31.2 Å². The van der Waals surface area contributed by atoms with Crippen molar-refractivity contribution in [3.8, 4) is 5.75 Å². The first kappa shape index (κ1) is 11.9. The summed E-state index contributed by atoms with van der Waals surface area (Å²) in [5.74, 6) is 0.464. The van der Waals surface area contributed by atoms with E-state index in [1.807, 2.05) is 43.3 Å². The third kappa shape index (κ3) is 2.27. The maximum absolute atomic E-state index is 11.3. The Balaban J connectivity index is 2.66. The van der Waals surface area contributed by atoms with Crippen LogP contribution in [0.25, 0.3) is 10.8 Å². The van der Waals surface area contributed by atoms with Crippen molar-refractivity contribution < 1.29 is 9.53 Å². The van der Waals surface area contributed by atoms with Crippen molar-refractivity contribution in [3.05, 3.63) is 42.0 Å². The molecule has 0 bridgehead atoms. The molecule has 0 N–H and O–H groups in total. The molecule has 0 aliphatic carbocycles. The van der Waals surface area contributed by atoms with Crippen molar-refractivity contribution in [2.75, 3.05) is 7.11 Å². The second kappa shape index (κ2) is 4.76. The molecule has 1 atom stereocenters. The molecule has 2 nitrogen and oxygen atoms in total. The van der Waals surface area contributed by atoms with E-state index in [0.29, 0.717) is 0 Å². The number of benzene rings is 2. The van der Waals surface area contributed by atoms with Crippen LogP contribution in [0.15, 0.2) is 36.4 Å². The minimum absolute atomic E-state index is 0.313. The van der Waals surface area contributed by atoms with E-state index < -0.39 is 0 Å². The van der Waals surface area contributed by atoms with Crippen LogP contribution in [0.4, 0.5) is 0 Å². The Morgan fingerprint density at radius 1 is 1.29 bits per heavy atom. The second-order valence-electron chi connectivity index (χ2n) is 3.96. The fraction of sp³-hybridized carbons (Fsp3) is 0.214. The molecular weight excluding hydrogens is 236 g/mol. The van der Waals surface area contributed by atoms with Gasteiger partial charge in [0, 0.05) is 0 Å². The Morgan fingerprint density at radius 3 is 2.71 bits per heavy atom. The van der Waals surface area contributed by atoms with Gasteiger partial charge in [-0.25, -0.2) is 0 Å². The molecule has 2 aromatic carbocycles. The highest BCUT2D eigenvalue weighted by Crippen LogP contribution is 2.29. The lowest BCUT2D eigenvalue weighted by molar-refractivity contribution is -0.112. The maximum atomic E-state index is 11.3. The largest absolute Gasteiger partial charge is 0.497 e. The van der Waals surface area contributed by atoms with Gasteiger partial charge in [0.15, 0.2) is 0 Å². The van der Waals surface area contributed by atoms with Crippen molar-refractivity contribution in [1.82, 2.24) is 0 Å². The average molecular weight is 249 g/mol. The van der Waals surface area contributed by atoms with Crippen molar-refractivity contribution in [1.29, 1.82) is 0 Å². The minimum Gasteiger partial charge on any atom is -0.497 e. The van der Waals surface area contributed by atoms with Crippen LogP contribution in [0.1, 0.15) is 18.4 Å². The van der Waals surface area contributed by atoms with Gasteiger partial charge >= 0.3 is 0 Å². The Bertz CT molecular complexity index is 563. The van der Waals surface area contributed by atoms with E-state index in [4.69, 9.17) is 16.3 Å². The molecule has 3 heteroatoms. The molecule has 0 saturated heterocycles. The summed E-state index contributed by atoms with van der Waals surface area (Å²) in [6.07, 6.45) is 0. The molecule has 2 aromatic rings. The summed E-state index contributed by atoms with van der Waals surface area (Å²) in [7, 11) is 1.62. The number of ether oxygens (including phenoxy) is 1. The third-order valence-electron chi connectivity index (χ3n) is 2.93. The zero-order chi connectivity index (χ0) is 12.4. The van der Waals surface area contributed by atoms with Crippen LogP contribution in [0, 0.1) is 0 Å². The lowest BCUT2D eigenvalue weighted by Crippen LogP contribution is -2.02. The van der Waals surface area contributed by atoms with E-state index in [1.165, 1.54) is 0 Å². The monoisotopic (exact) mass is 248 g/mol. The van der Waals surface area contributed by atoms with Gasteiger partial charge in [0.25, 0.3) is 0 Å². The third-order valence-corrected chi connectivity index (χ3v) is 3.26. The summed E-state index contributed by atoms with van der Waals surface area (Å²) < 4.78 is 5.20. The Hall–Kier alpha value is -1.54. The number of fused-ring (bicyclic) bond motifs is 1. The topological polar surface area (TPSA) is 26.3 Å². The zero-order valence-corrected chi connectivity index (χ0v) is 10.5. The summed E-state index contributed by atoms with van der Waals surface area (Å²) in [6.45, 7) is 1.81. The molecule has 0 saturated carbocycles. The maximum Gasteiger partial charge on any atom is 0.228 e. The Morgan fingerprint density at radius 2 is 2.06 bits per heavy atom. The van der Waals surface area contributed by atoms with Crippen LogP contribution >= 0.6 is 11.6 Å². The molecule has 0 aromatic heterocycles. The summed E-state index contributed by atoms with van der Waals surface area (Å²) >= 11 is 5.57. The van der Waals surface area contributed by atoms with Crippen LogP contribution in [0.3, 0.4) is 0 Å². The number of methoxy groups -OCH3 is 1. The highest BCUT2D eigenvalue weighted by atomic mass is 35.5. The zero-order valence-electron chi connectivity index (χ0n) is 9.74. The average Bonchev–Trinajstić information content (AvgIpc) is 2.36. The first-order valence-corrected chi connectivity index (χ1v) is 5.77. The van der Waals surface area contributed by atoms with E-state index in [2.05, 4.69) is 0 Å². The summed E-state index contributed by atoms with van der Waals surface area (Å²) in [5, 5.41) is 1.74. The van der Waals surface area contributed by atoms with Crippen molar-refractivity contribution >= 4 is 27.6 Å². The van der Waals surface area contributed by atoms with Crippen LogP contribution in [-0.4, -0.2) is 12.4 Å². The molecule has 0 fully saturated rings. The number of halogens is 1. The molecule has 0 aliphatic heterocycles. The molecule has 1 unspecified atom stereocenters. The molecule has 0 aliphatic rings. The first-order valence-electron chi connectivity index (χ1n) is 5.39. The van der Waals surface area contributed by atoms with E-state index >= 15 is 0 Å². The summed E-state index contributed by atoms with van der Waals surface area (Å²) in [5.41, 5.74) is 0.932. The van der Waals surface area contributed by atoms with Gasteiger partial charge in [-0.2, -0.15) is 0 Å². The van der Waals surface area contributed by atoms with Crippen LogP contribution < -0.4 is 4.74 Å². The summed E-state index contributed by atoms with van der Waals surface area (Å²) in [4.78, 5) is 11.3. The van der Waals surface area contributed by atoms with Gasteiger partial charge in [0.2, 0.25) is 5.24 Å². The smallest absolute Gasteiger partial charge is 0.228 e. The fourth-order valence-electron chi connectivity index (χ4n) is 1.90. The molecular formula is C14H13ClO2. The van der Waals surface area contributed by atoms with Gasteiger partial charge in [-0.3, -0.25) is 4.79 Å².